The quantitative estimate of drug-likeness (QED) is 0.699. The van der Waals surface area contributed by atoms with Crippen molar-refractivity contribution < 1.29 is 13.2 Å². The van der Waals surface area contributed by atoms with Gasteiger partial charge in [-0.25, -0.2) is 13.2 Å². The molecule has 0 aromatic heterocycles. The molecule has 2 aliphatic rings. The second kappa shape index (κ2) is 5.85. The number of sulfone groups is 1. The molecule has 2 atom stereocenters. The smallest absolute Gasteiger partial charge is 0.288 e. The summed E-state index contributed by atoms with van der Waals surface area (Å²) in [6.45, 7) is 1.98. The summed E-state index contributed by atoms with van der Waals surface area (Å²) in [5, 5.41) is 0. The molecule has 0 saturated carbocycles. The van der Waals surface area contributed by atoms with E-state index in [4.69, 9.17) is 0 Å². The van der Waals surface area contributed by atoms with Crippen LogP contribution in [0.4, 0.5) is 16.2 Å². The number of carbonyl (C=O) groups excluding carboxylic acids is 1. The molecule has 2 aromatic carbocycles. The molecule has 2 amide bonds. The molecule has 2 aliphatic heterocycles. The summed E-state index contributed by atoms with van der Waals surface area (Å²) >= 11 is 3.39. The van der Waals surface area contributed by atoms with Gasteiger partial charge in [0.2, 0.25) is 0 Å². The lowest BCUT2D eigenvalue weighted by Crippen LogP contribution is -2.37. The van der Waals surface area contributed by atoms with Crippen molar-refractivity contribution in [2.75, 3.05) is 21.3 Å². The van der Waals surface area contributed by atoms with Gasteiger partial charge in [0.05, 0.1) is 23.6 Å². The summed E-state index contributed by atoms with van der Waals surface area (Å²) < 4.78 is 25.4. The molecule has 0 aliphatic carbocycles. The number of hydrogen-bond donors (Lipinski definition) is 0. The Bertz CT molecular complexity index is 856. The molecule has 5 nitrogen and oxygen atoms in total. The average molecular weight is 421 g/mol. The van der Waals surface area contributed by atoms with Crippen molar-refractivity contribution in [2.45, 2.75) is 19.0 Å². The number of fused-ring (bicyclic) bond motifs is 1. The van der Waals surface area contributed by atoms with Gasteiger partial charge in [-0.15, -0.1) is 0 Å². The minimum Gasteiger partial charge on any atom is -0.288 e. The maximum atomic E-state index is 13.1. The number of urea groups is 1. The van der Waals surface area contributed by atoms with E-state index >= 15 is 0 Å². The van der Waals surface area contributed by atoms with E-state index in [1.54, 1.807) is 9.80 Å². The standard InChI is InChI=1S/C18H17BrN2O3S/c1-12-2-6-14(7-3-12)20-16-10-25(23,24)11-17(16)21(18(20)22)15-8-4-13(19)5-9-15/h2-9,16-17H,10-11H2,1H3/t16-,17+/m1/s1. The van der Waals surface area contributed by atoms with Crippen LogP contribution >= 0.6 is 15.9 Å². The minimum absolute atomic E-state index is 0.00182. The minimum atomic E-state index is -3.17. The molecule has 0 unspecified atom stereocenters. The van der Waals surface area contributed by atoms with E-state index < -0.39 is 9.84 Å². The van der Waals surface area contributed by atoms with Crippen molar-refractivity contribution in [1.29, 1.82) is 0 Å². The number of aryl methyl sites for hydroxylation is 1. The molecule has 4 rings (SSSR count). The Morgan fingerprint density at radius 1 is 0.880 bits per heavy atom. The van der Waals surface area contributed by atoms with Crippen LogP contribution in [0.25, 0.3) is 0 Å². The van der Waals surface area contributed by atoms with E-state index in [0.717, 1.165) is 21.4 Å². The maximum absolute atomic E-state index is 13.1. The Morgan fingerprint density at radius 2 is 1.32 bits per heavy atom. The molecule has 0 spiro atoms. The summed E-state index contributed by atoms with van der Waals surface area (Å²) in [5.74, 6) is 0.00609. The lowest BCUT2D eigenvalue weighted by Gasteiger charge is -2.22. The third-order valence-corrected chi connectivity index (χ3v) is 7.01. The number of halogens is 1. The van der Waals surface area contributed by atoms with Crippen LogP contribution in [0, 0.1) is 6.92 Å². The average Bonchev–Trinajstić information content (AvgIpc) is 2.99. The molecule has 25 heavy (non-hydrogen) atoms. The fourth-order valence-corrected chi connectivity index (χ4v) is 5.80. The lowest BCUT2D eigenvalue weighted by atomic mass is 10.1. The van der Waals surface area contributed by atoms with Crippen molar-refractivity contribution >= 4 is 43.2 Å². The Balaban J connectivity index is 1.79. The van der Waals surface area contributed by atoms with Crippen LogP contribution in [-0.2, 0) is 9.84 Å². The van der Waals surface area contributed by atoms with Crippen LogP contribution in [0.15, 0.2) is 53.0 Å². The molecule has 2 aromatic rings. The van der Waals surface area contributed by atoms with E-state index in [1.165, 1.54) is 0 Å². The van der Waals surface area contributed by atoms with Crippen LogP contribution in [0.1, 0.15) is 5.56 Å². The van der Waals surface area contributed by atoms with Gasteiger partial charge in [-0.2, -0.15) is 0 Å². The summed E-state index contributed by atoms with van der Waals surface area (Å²) in [6, 6.07) is 14.1. The summed E-state index contributed by atoms with van der Waals surface area (Å²) in [6.07, 6.45) is 0. The highest BCUT2D eigenvalue weighted by molar-refractivity contribution is 9.10. The lowest BCUT2D eigenvalue weighted by molar-refractivity contribution is 0.255. The molecule has 2 fully saturated rings. The van der Waals surface area contributed by atoms with Gasteiger partial charge in [0.1, 0.15) is 0 Å². The third-order valence-electron chi connectivity index (χ3n) is 4.79. The van der Waals surface area contributed by atoms with Gasteiger partial charge >= 0.3 is 6.03 Å². The van der Waals surface area contributed by atoms with Gasteiger partial charge in [0.25, 0.3) is 0 Å². The van der Waals surface area contributed by atoms with Crippen molar-refractivity contribution in [3.05, 3.63) is 58.6 Å². The monoisotopic (exact) mass is 420 g/mol. The number of anilines is 2. The van der Waals surface area contributed by atoms with Crippen molar-refractivity contribution in [2.24, 2.45) is 0 Å². The second-order valence-electron chi connectivity index (χ2n) is 6.55. The number of benzene rings is 2. The van der Waals surface area contributed by atoms with Crippen LogP contribution in [0.5, 0.6) is 0 Å². The Morgan fingerprint density at radius 3 is 1.80 bits per heavy atom. The summed E-state index contributed by atoms with van der Waals surface area (Å²) in [5.41, 5.74) is 2.55. The molecular weight excluding hydrogens is 404 g/mol. The normalized spacial score (nSPS) is 24.6. The molecular formula is C18H17BrN2O3S. The molecule has 7 heteroatoms. The molecule has 0 N–H and O–H groups in total. The maximum Gasteiger partial charge on any atom is 0.329 e. The van der Waals surface area contributed by atoms with Crippen LogP contribution in [-0.4, -0.2) is 38.0 Å². The topological polar surface area (TPSA) is 57.7 Å². The highest BCUT2D eigenvalue weighted by Crippen LogP contribution is 2.38. The number of amides is 2. The highest BCUT2D eigenvalue weighted by Gasteiger charge is 2.54. The van der Waals surface area contributed by atoms with Gasteiger partial charge in [0, 0.05) is 15.8 Å². The fourth-order valence-electron chi connectivity index (χ4n) is 3.61. The largest absolute Gasteiger partial charge is 0.329 e. The number of hydrogen-bond acceptors (Lipinski definition) is 3. The zero-order valence-electron chi connectivity index (χ0n) is 13.6. The summed E-state index contributed by atoms with van der Waals surface area (Å²) in [7, 11) is -3.17. The first kappa shape index (κ1) is 16.6. The van der Waals surface area contributed by atoms with E-state index in [0.29, 0.717) is 0 Å². The first-order valence-corrected chi connectivity index (χ1v) is 10.6. The highest BCUT2D eigenvalue weighted by atomic mass is 79.9. The first-order chi connectivity index (χ1) is 11.9. The van der Waals surface area contributed by atoms with Gasteiger partial charge < -0.3 is 0 Å². The van der Waals surface area contributed by atoms with Gasteiger partial charge in [-0.3, -0.25) is 9.80 Å². The summed E-state index contributed by atoms with van der Waals surface area (Å²) in [4.78, 5) is 16.4. The SMILES string of the molecule is Cc1ccc(N2C(=O)N(c3ccc(Br)cc3)[C@H]3CS(=O)(=O)C[C@H]32)cc1. The van der Waals surface area contributed by atoms with Gasteiger partial charge in [0.15, 0.2) is 9.84 Å². The van der Waals surface area contributed by atoms with Crippen LogP contribution in [0.3, 0.4) is 0 Å². The molecule has 130 valence electrons. The van der Waals surface area contributed by atoms with Crippen LogP contribution < -0.4 is 9.80 Å². The second-order valence-corrected chi connectivity index (χ2v) is 9.62. The predicted octanol–water partition coefficient (Wildman–Crippen LogP) is 3.37. The van der Waals surface area contributed by atoms with Gasteiger partial charge in [-0.1, -0.05) is 33.6 Å². The van der Waals surface area contributed by atoms with Crippen molar-refractivity contribution in [3.8, 4) is 0 Å². The fraction of sp³-hybridized carbons (Fsp3) is 0.278. The van der Waals surface area contributed by atoms with E-state index in [2.05, 4.69) is 15.9 Å². The Kier molecular flexibility index (Phi) is 3.88. The van der Waals surface area contributed by atoms with Crippen molar-refractivity contribution in [1.82, 2.24) is 0 Å². The zero-order chi connectivity index (χ0) is 17.8. The first-order valence-electron chi connectivity index (χ1n) is 8.01. The molecule has 2 saturated heterocycles. The zero-order valence-corrected chi connectivity index (χ0v) is 16.0. The van der Waals surface area contributed by atoms with Crippen molar-refractivity contribution in [3.63, 3.8) is 0 Å². The van der Waals surface area contributed by atoms with E-state index in [9.17, 15) is 13.2 Å². The predicted molar refractivity (Wildman–Crippen MR) is 102 cm³/mol. The number of rotatable bonds is 2. The van der Waals surface area contributed by atoms with E-state index in [-0.39, 0.29) is 29.6 Å². The van der Waals surface area contributed by atoms with Crippen LogP contribution in [0.2, 0.25) is 0 Å². The third kappa shape index (κ3) is 2.85. The Labute approximate surface area is 155 Å². The molecule has 0 bridgehead atoms. The molecule has 0 radical (unpaired) electrons. The Hall–Kier alpha value is -1.86. The number of nitrogens with zero attached hydrogens (tertiary/aromatic N) is 2. The van der Waals surface area contributed by atoms with E-state index in [1.807, 2.05) is 55.5 Å². The number of carbonyl (C=O) groups is 1. The van der Waals surface area contributed by atoms with Gasteiger partial charge in [-0.05, 0) is 43.3 Å². The molecule has 2 heterocycles.